The number of thiophene rings is 1. The van der Waals surface area contributed by atoms with E-state index < -0.39 is 0 Å². The molecule has 3 heterocycles. The van der Waals surface area contributed by atoms with Gasteiger partial charge in [-0.05, 0) is 29.1 Å². The summed E-state index contributed by atoms with van der Waals surface area (Å²) in [6, 6.07) is 11.0. The van der Waals surface area contributed by atoms with Crippen molar-refractivity contribution >= 4 is 36.2 Å². The lowest BCUT2D eigenvalue weighted by molar-refractivity contribution is 0.173. The minimum atomic E-state index is 0. The molecular weight excluding hydrogens is 355 g/mol. The zero-order valence-electron chi connectivity index (χ0n) is 12.6. The third-order valence-corrected chi connectivity index (χ3v) is 4.97. The molecule has 0 spiro atoms. The molecule has 1 saturated heterocycles. The van der Waals surface area contributed by atoms with Gasteiger partial charge in [0.25, 0.3) is 0 Å². The largest absolute Gasteiger partial charge is 0.454 e. The second kappa shape index (κ2) is 8.22. The maximum absolute atomic E-state index is 5.54. The number of ether oxygens (including phenoxy) is 2. The zero-order valence-corrected chi connectivity index (χ0v) is 15.0. The van der Waals surface area contributed by atoms with Gasteiger partial charge in [0.05, 0.1) is 6.04 Å². The Morgan fingerprint density at radius 2 is 1.83 bits per heavy atom. The smallest absolute Gasteiger partial charge is 0.231 e. The molecule has 4 nitrogen and oxygen atoms in total. The minimum absolute atomic E-state index is 0. The summed E-state index contributed by atoms with van der Waals surface area (Å²) >= 11 is 1.82. The lowest BCUT2D eigenvalue weighted by atomic mass is 10.0. The van der Waals surface area contributed by atoms with Crippen LogP contribution in [0.3, 0.4) is 0 Å². The predicted molar refractivity (Wildman–Crippen MR) is 97.7 cm³/mol. The van der Waals surface area contributed by atoms with E-state index in [-0.39, 0.29) is 24.8 Å². The molecule has 2 aliphatic rings. The minimum Gasteiger partial charge on any atom is -0.454 e. The van der Waals surface area contributed by atoms with Crippen LogP contribution in [-0.4, -0.2) is 37.9 Å². The number of piperazine rings is 1. The molecule has 1 aromatic heterocycles. The van der Waals surface area contributed by atoms with Gasteiger partial charge in [-0.15, -0.1) is 36.2 Å². The van der Waals surface area contributed by atoms with Gasteiger partial charge in [-0.25, -0.2) is 0 Å². The molecule has 0 unspecified atom stereocenters. The summed E-state index contributed by atoms with van der Waals surface area (Å²) in [7, 11) is 0. The Morgan fingerprint density at radius 1 is 1.04 bits per heavy atom. The first kappa shape index (κ1) is 18.4. The molecule has 0 aliphatic carbocycles. The van der Waals surface area contributed by atoms with Gasteiger partial charge in [0.15, 0.2) is 11.5 Å². The Morgan fingerprint density at radius 3 is 2.57 bits per heavy atom. The molecule has 4 rings (SSSR count). The second-order valence-corrected chi connectivity index (χ2v) is 6.30. The average molecular weight is 375 g/mol. The van der Waals surface area contributed by atoms with Gasteiger partial charge in [-0.3, -0.25) is 4.90 Å². The van der Waals surface area contributed by atoms with Crippen molar-refractivity contribution in [2.24, 2.45) is 0 Å². The number of nitrogens with zero attached hydrogens (tertiary/aromatic N) is 1. The van der Waals surface area contributed by atoms with E-state index >= 15 is 0 Å². The van der Waals surface area contributed by atoms with Crippen molar-refractivity contribution in [3.05, 3.63) is 46.2 Å². The van der Waals surface area contributed by atoms with E-state index in [2.05, 4.69) is 39.9 Å². The van der Waals surface area contributed by atoms with Gasteiger partial charge in [0.2, 0.25) is 6.79 Å². The van der Waals surface area contributed by atoms with Crippen LogP contribution in [0, 0.1) is 0 Å². The molecule has 126 valence electrons. The molecular formula is C16H20Cl2N2O2S. The van der Waals surface area contributed by atoms with Gasteiger partial charge in [0, 0.05) is 31.1 Å². The Hall–Kier alpha value is -0.980. The lowest BCUT2D eigenvalue weighted by Crippen LogP contribution is -2.45. The monoisotopic (exact) mass is 374 g/mol. The van der Waals surface area contributed by atoms with Gasteiger partial charge < -0.3 is 14.8 Å². The normalized spacial score (nSPS) is 17.9. The quantitative estimate of drug-likeness (QED) is 0.893. The summed E-state index contributed by atoms with van der Waals surface area (Å²) in [5.74, 6) is 1.72. The van der Waals surface area contributed by atoms with Crippen molar-refractivity contribution in [2.45, 2.75) is 6.04 Å². The number of halogens is 2. The molecule has 0 saturated carbocycles. The summed E-state index contributed by atoms with van der Waals surface area (Å²) in [4.78, 5) is 3.93. The molecule has 0 radical (unpaired) electrons. The molecule has 1 aromatic carbocycles. The molecule has 1 atom stereocenters. The first-order valence-electron chi connectivity index (χ1n) is 7.29. The SMILES string of the molecule is Cl.Cl.c1csc([C@@H](c2ccc3c(c2)OCO3)N2CCNCC2)c1. The van der Waals surface area contributed by atoms with Crippen LogP contribution in [0.25, 0.3) is 0 Å². The Kier molecular flexibility index (Phi) is 6.56. The number of rotatable bonds is 3. The molecule has 2 aliphatic heterocycles. The van der Waals surface area contributed by atoms with Crippen LogP contribution in [-0.2, 0) is 0 Å². The summed E-state index contributed by atoms with van der Waals surface area (Å²) in [6.07, 6.45) is 0. The van der Waals surface area contributed by atoms with E-state index in [0.717, 1.165) is 37.7 Å². The summed E-state index contributed by atoms with van der Waals surface area (Å²) in [5.41, 5.74) is 1.28. The third-order valence-electron chi connectivity index (χ3n) is 4.04. The van der Waals surface area contributed by atoms with E-state index in [1.54, 1.807) is 0 Å². The predicted octanol–water partition coefficient (Wildman–Crippen LogP) is 3.32. The van der Waals surface area contributed by atoms with Crippen molar-refractivity contribution in [1.82, 2.24) is 10.2 Å². The van der Waals surface area contributed by atoms with Gasteiger partial charge in [0.1, 0.15) is 0 Å². The third kappa shape index (κ3) is 3.75. The molecule has 23 heavy (non-hydrogen) atoms. The standard InChI is InChI=1S/C16H18N2O2S.2ClH/c1-2-15(21-9-1)16(18-7-5-17-6-8-18)12-3-4-13-14(10-12)20-11-19-13;;/h1-4,9-10,16-17H,5-8,11H2;2*1H/t16-;;/m1../s1. The summed E-state index contributed by atoms with van der Waals surface area (Å²) < 4.78 is 11.0. The highest BCUT2D eigenvalue weighted by Gasteiger charge is 2.26. The van der Waals surface area contributed by atoms with Crippen LogP contribution in [0.5, 0.6) is 11.5 Å². The molecule has 1 fully saturated rings. The first-order valence-corrected chi connectivity index (χ1v) is 8.17. The molecule has 2 aromatic rings. The van der Waals surface area contributed by atoms with E-state index in [0.29, 0.717) is 12.8 Å². The second-order valence-electron chi connectivity index (χ2n) is 5.32. The highest BCUT2D eigenvalue weighted by Crippen LogP contribution is 2.38. The van der Waals surface area contributed by atoms with Crippen LogP contribution in [0.4, 0.5) is 0 Å². The number of hydrogen-bond acceptors (Lipinski definition) is 5. The average Bonchev–Trinajstić information content (AvgIpc) is 3.19. The molecule has 0 bridgehead atoms. The number of hydrogen-bond donors (Lipinski definition) is 1. The van der Waals surface area contributed by atoms with Crippen molar-refractivity contribution in [1.29, 1.82) is 0 Å². The van der Waals surface area contributed by atoms with Crippen molar-refractivity contribution < 1.29 is 9.47 Å². The van der Waals surface area contributed by atoms with Gasteiger partial charge >= 0.3 is 0 Å². The number of fused-ring (bicyclic) bond motifs is 1. The van der Waals surface area contributed by atoms with Crippen molar-refractivity contribution in [3.8, 4) is 11.5 Å². The number of benzene rings is 1. The zero-order chi connectivity index (χ0) is 14.1. The van der Waals surface area contributed by atoms with Crippen molar-refractivity contribution in [3.63, 3.8) is 0 Å². The van der Waals surface area contributed by atoms with E-state index in [1.165, 1.54) is 10.4 Å². The molecule has 0 amide bonds. The fraction of sp³-hybridized carbons (Fsp3) is 0.375. The van der Waals surface area contributed by atoms with Crippen LogP contribution >= 0.6 is 36.2 Å². The highest BCUT2D eigenvalue weighted by atomic mass is 35.5. The Bertz CT molecular complexity index is 619. The molecule has 7 heteroatoms. The van der Waals surface area contributed by atoms with Gasteiger partial charge in [-0.1, -0.05) is 12.1 Å². The fourth-order valence-electron chi connectivity index (χ4n) is 3.03. The van der Waals surface area contributed by atoms with Crippen molar-refractivity contribution in [2.75, 3.05) is 33.0 Å². The Labute approximate surface area is 152 Å². The van der Waals surface area contributed by atoms with E-state index in [9.17, 15) is 0 Å². The molecule has 1 N–H and O–H groups in total. The number of nitrogens with one attached hydrogen (secondary N) is 1. The van der Waals surface area contributed by atoms with E-state index in [1.807, 2.05) is 17.4 Å². The topological polar surface area (TPSA) is 33.7 Å². The van der Waals surface area contributed by atoms with E-state index in [4.69, 9.17) is 9.47 Å². The lowest BCUT2D eigenvalue weighted by Gasteiger charge is -2.34. The Balaban J connectivity index is 0.000000960. The van der Waals surface area contributed by atoms with Crippen LogP contribution in [0.2, 0.25) is 0 Å². The maximum Gasteiger partial charge on any atom is 0.231 e. The van der Waals surface area contributed by atoms with Crippen LogP contribution in [0.15, 0.2) is 35.7 Å². The van der Waals surface area contributed by atoms with Gasteiger partial charge in [-0.2, -0.15) is 0 Å². The van der Waals surface area contributed by atoms with Crippen LogP contribution in [0.1, 0.15) is 16.5 Å². The fourth-order valence-corrected chi connectivity index (χ4v) is 3.91. The summed E-state index contributed by atoms with van der Waals surface area (Å²) in [6.45, 7) is 4.56. The highest BCUT2D eigenvalue weighted by molar-refractivity contribution is 7.10. The maximum atomic E-state index is 5.54. The summed E-state index contributed by atoms with van der Waals surface area (Å²) in [5, 5.41) is 5.58. The first-order chi connectivity index (χ1) is 10.4. The van der Waals surface area contributed by atoms with Crippen LogP contribution < -0.4 is 14.8 Å².